The number of nitrogens with zero attached hydrogens (tertiary/aromatic N) is 4. The molecule has 2 heterocycles. The normalized spacial score (nSPS) is 13.5. The van der Waals surface area contributed by atoms with Crippen LogP contribution in [0.5, 0.6) is 0 Å². The highest BCUT2D eigenvalue weighted by Crippen LogP contribution is 2.33. The molecule has 3 aromatic rings. The minimum atomic E-state index is -4.42. The first-order valence-corrected chi connectivity index (χ1v) is 10.7. The van der Waals surface area contributed by atoms with Crippen molar-refractivity contribution in [1.82, 2.24) is 9.97 Å². The monoisotopic (exact) mass is 469 g/mol. The van der Waals surface area contributed by atoms with Crippen molar-refractivity contribution in [2.75, 3.05) is 16.8 Å². The van der Waals surface area contributed by atoms with E-state index in [4.69, 9.17) is 4.98 Å². The molecule has 7 nitrogen and oxygen atoms in total. The van der Waals surface area contributed by atoms with Crippen molar-refractivity contribution in [3.8, 4) is 0 Å². The van der Waals surface area contributed by atoms with Gasteiger partial charge in [-0.15, -0.1) is 0 Å². The van der Waals surface area contributed by atoms with Gasteiger partial charge in [-0.05, 0) is 36.4 Å². The minimum absolute atomic E-state index is 0.00448. The average Bonchev–Trinajstić information content (AvgIpc) is 3.01. The molecule has 0 saturated heterocycles. The van der Waals surface area contributed by atoms with E-state index in [0.717, 1.165) is 17.8 Å². The third-order valence-electron chi connectivity index (χ3n) is 5.43. The summed E-state index contributed by atoms with van der Waals surface area (Å²) in [4.78, 5) is 22.2. The number of benzene rings is 2. The standard InChI is InChI=1S/C24H22F3N5O2/c1-15(2)22-29-19-12-14-31(20-5-3-4-6-21(20)32(33)34)13-11-18(19)23(30-22)28-17-9-7-16(8-10-17)24(25,26)27/h3-11,13,15H,12,14H2,1-2H3,(H,28,29,30). The molecule has 10 heteroatoms. The molecule has 0 unspecified atom stereocenters. The van der Waals surface area contributed by atoms with Gasteiger partial charge in [-0.1, -0.05) is 26.0 Å². The molecule has 2 aromatic carbocycles. The lowest BCUT2D eigenvalue weighted by molar-refractivity contribution is -0.384. The summed E-state index contributed by atoms with van der Waals surface area (Å²) in [7, 11) is 0. The lowest BCUT2D eigenvalue weighted by Gasteiger charge is -2.18. The molecule has 0 atom stereocenters. The van der Waals surface area contributed by atoms with Crippen LogP contribution in [-0.2, 0) is 12.6 Å². The second kappa shape index (κ2) is 9.12. The molecule has 4 rings (SSSR count). The van der Waals surface area contributed by atoms with E-state index in [1.165, 1.54) is 18.2 Å². The molecule has 1 aliphatic heterocycles. The van der Waals surface area contributed by atoms with Crippen LogP contribution in [0, 0.1) is 10.1 Å². The number of fused-ring (bicyclic) bond motifs is 1. The first kappa shape index (κ1) is 23.2. The predicted octanol–water partition coefficient (Wildman–Crippen LogP) is 6.30. The van der Waals surface area contributed by atoms with E-state index in [1.54, 1.807) is 35.4 Å². The Balaban J connectivity index is 1.71. The van der Waals surface area contributed by atoms with Crippen LogP contribution in [-0.4, -0.2) is 21.4 Å². The van der Waals surface area contributed by atoms with Crippen molar-refractivity contribution in [3.63, 3.8) is 0 Å². The van der Waals surface area contributed by atoms with E-state index in [1.807, 2.05) is 13.8 Å². The van der Waals surface area contributed by atoms with E-state index in [-0.39, 0.29) is 11.6 Å². The number of nitro groups is 1. The number of aromatic nitrogens is 2. The van der Waals surface area contributed by atoms with Crippen molar-refractivity contribution in [2.24, 2.45) is 0 Å². The number of anilines is 3. The molecule has 1 aromatic heterocycles. The Labute approximate surface area is 194 Å². The fraction of sp³-hybridized carbons (Fsp3) is 0.250. The zero-order valence-corrected chi connectivity index (χ0v) is 18.5. The molecule has 34 heavy (non-hydrogen) atoms. The first-order chi connectivity index (χ1) is 16.1. The third kappa shape index (κ3) is 4.85. The summed E-state index contributed by atoms with van der Waals surface area (Å²) in [5, 5.41) is 14.6. The van der Waals surface area contributed by atoms with Crippen molar-refractivity contribution < 1.29 is 18.1 Å². The number of nitrogens with one attached hydrogen (secondary N) is 1. The van der Waals surface area contributed by atoms with Crippen molar-refractivity contribution in [3.05, 3.63) is 87.5 Å². The number of nitro benzene ring substituents is 1. The summed E-state index contributed by atoms with van der Waals surface area (Å²) in [5.41, 5.74) is 1.62. The average molecular weight is 469 g/mol. The van der Waals surface area contributed by atoms with E-state index in [2.05, 4.69) is 10.3 Å². The maximum Gasteiger partial charge on any atom is 0.416 e. The van der Waals surface area contributed by atoms with Crippen molar-refractivity contribution in [2.45, 2.75) is 32.4 Å². The Morgan fingerprint density at radius 1 is 1.09 bits per heavy atom. The summed E-state index contributed by atoms with van der Waals surface area (Å²) < 4.78 is 38.7. The lowest BCUT2D eigenvalue weighted by Crippen LogP contribution is -2.19. The van der Waals surface area contributed by atoms with Gasteiger partial charge in [0.1, 0.15) is 17.3 Å². The minimum Gasteiger partial charge on any atom is -0.342 e. The molecule has 176 valence electrons. The van der Waals surface area contributed by atoms with Crippen molar-refractivity contribution >= 4 is 29.0 Å². The van der Waals surface area contributed by atoms with Gasteiger partial charge < -0.3 is 10.2 Å². The second-order valence-corrected chi connectivity index (χ2v) is 8.15. The van der Waals surface area contributed by atoms with Crippen LogP contribution in [0.3, 0.4) is 0 Å². The Bertz CT molecular complexity index is 1240. The van der Waals surface area contributed by atoms with Gasteiger partial charge in [-0.25, -0.2) is 9.97 Å². The van der Waals surface area contributed by atoms with Gasteiger partial charge in [0.05, 0.1) is 16.2 Å². The molecule has 0 radical (unpaired) electrons. The SMILES string of the molecule is CC(C)c1nc2c(c(Nc3ccc(C(F)(F)F)cc3)n1)C=CN(c1ccccc1[N+](=O)[O-])CC2. The van der Waals surface area contributed by atoms with Gasteiger partial charge in [0.25, 0.3) is 5.69 Å². The van der Waals surface area contributed by atoms with Gasteiger partial charge in [0.2, 0.25) is 0 Å². The summed E-state index contributed by atoms with van der Waals surface area (Å²) in [6.45, 7) is 4.37. The molecule has 0 saturated carbocycles. The fourth-order valence-electron chi connectivity index (χ4n) is 3.66. The molecule has 0 aliphatic carbocycles. The fourth-order valence-corrected chi connectivity index (χ4v) is 3.66. The zero-order chi connectivity index (χ0) is 24.5. The smallest absolute Gasteiger partial charge is 0.342 e. The maximum atomic E-state index is 12.9. The predicted molar refractivity (Wildman–Crippen MR) is 124 cm³/mol. The number of rotatable bonds is 5. The summed E-state index contributed by atoms with van der Waals surface area (Å²) in [5.74, 6) is 1.09. The Morgan fingerprint density at radius 3 is 2.44 bits per heavy atom. The number of hydrogen-bond acceptors (Lipinski definition) is 6. The molecular formula is C24H22F3N5O2. The third-order valence-corrected chi connectivity index (χ3v) is 5.43. The van der Waals surface area contributed by atoms with Crippen LogP contribution in [0.2, 0.25) is 0 Å². The van der Waals surface area contributed by atoms with Crippen LogP contribution in [0.4, 0.5) is 36.1 Å². The number of halogens is 3. The summed E-state index contributed by atoms with van der Waals surface area (Å²) in [6.07, 6.45) is -0.403. The Kier molecular flexibility index (Phi) is 6.23. The topological polar surface area (TPSA) is 84.2 Å². The molecule has 1 N–H and O–H groups in total. The van der Waals surface area contributed by atoms with Gasteiger partial charge in [-0.2, -0.15) is 13.2 Å². The van der Waals surface area contributed by atoms with Crippen molar-refractivity contribution in [1.29, 1.82) is 0 Å². The number of hydrogen-bond donors (Lipinski definition) is 1. The van der Waals surface area contributed by atoms with Gasteiger partial charge in [-0.3, -0.25) is 10.1 Å². The number of alkyl halides is 3. The van der Waals surface area contributed by atoms with Crippen LogP contribution in [0.15, 0.2) is 54.7 Å². The zero-order valence-electron chi connectivity index (χ0n) is 18.5. The van der Waals surface area contributed by atoms with E-state index in [0.29, 0.717) is 41.5 Å². The molecule has 0 fully saturated rings. The first-order valence-electron chi connectivity index (χ1n) is 10.7. The summed E-state index contributed by atoms with van der Waals surface area (Å²) in [6, 6.07) is 11.2. The van der Waals surface area contributed by atoms with E-state index in [9.17, 15) is 23.3 Å². The summed E-state index contributed by atoms with van der Waals surface area (Å²) >= 11 is 0. The molecular weight excluding hydrogens is 447 g/mol. The van der Waals surface area contributed by atoms with Crippen LogP contribution in [0.1, 0.15) is 42.4 Å². The van der Waals surface area contributed by atoms with Crippen LogP contribution >= 0.6 is 0 Å². The highest BCUT2D eigenvalue weighted by molar-refractivity contribution is 5.74. The van der Waals surface area contributed by atoms with Crippen LogP contribution in [0.25, 0.3) is 6.08 Å². The van der Waals surface area contributed by atoms with Gasteiger partial charge >= 0.3 is 6.18 Å². The largest absolute Gasteiger partial charge is 0.416 e. The number of para-hydroxylation sites is 2. The Morgan fingerprint density at radius 2 is 1.79 bits per heavy atom. The highest BCUT2D eigenvalue weighted by atomic mass is 19.4. The quantitative estimate of drug-likeness (QED) is 0.349. The lowest BCUT2D eigenvalue weighted by atomic mass is 10.1. The molecule has 0 bridgehead atoms. The van der Waals surface area contributed by atoms with Gasteiger partial charge in [0, 0.05) is 42.4 Å². The van der Waals surface area contributed by atoms with E-state index < -0.39 is 16.7 Å². The second-order valence-electron chi connectivity index (χ2n) is 8.15. The molecule has 0 amide bonds. The van der Waals surface area contributed by atoms with Crippen LogP contribution < -0.4 is 10.2 Å². The maximum absolute atomic E-state index is 12.9. The van der Waals surface area contributed by atoms with E-state index >= 15 is 0 Å². The highest BCUT2D eigenvalue weighted by Gasteiger charge is 2.30. The Hall–Kier alpha value is -3.95. The van der Waals surface area contributed by atoms with Gasteiger partial charge in [0.15, 0.2) is 0 Å². The molecule has 0 spiro atoms. The molecule has 1 aliphatic rings.